The van der Waals surface area contributed by atoms with Crippen molar-refractivity contribution in [1.82, 2.24) is 4.57 Å². The van der Waals surface area contributed by atoms with Gasteiger partial charge in [0.05, 0.1) is 11.0 Å². The molecule has 1 atom stereocenters. The summed E-state index contributed by atoms with van der Waals surface area (Å²) in [4.78, 5) is 0. The van der Waals surface area contributed by atoms with E-state index < -0.39 is 0 Å². The van der Waals surface area contributed by atoms with Gasteiger partial charge in [-0.25, -0.2) is 0 Å². The highest BCUT2D eigenvalue weighted by Crippen LogP contribution is 2.40. The zero-order valence-corrected chi connectivity index (χ0v) is 29.1. The topological polar surface area (TPSA) is 4.93 Å². The Balaban J connectivity index is 1.15. The number of hydrogen-bond acceptors (Lipinski definition) is 0. The lowest BCUT2D eigenvalue weighted by Crippen LogP contribution is -2.03. The molecule has 0 saturated heterocycles. The third-order valence-electron chi connectivity index (χ3n) is 10.7. The molecule has 1 heterocycles. The molecule has 244 valence electrons. The van der Waals surface area contributed by atoms with Crippen molar-refractivity contribution in [1.29, 1.82) is 0 Å². The number of aryl methyl sites for hydroxylation is 1. The van der Waals surface area contributed by atoms with Crippen LogP contribution in [0.3, 0.4) is 0 Å². The Bertz CT molecular complexity index is 2690. The highest BCUT2D eigenvalue weighted by molar-refractivity contribution is 6.10. The van der Waals surface area contributed by atoms with Crippen LogP contribution in [0, 0.1) is 6.92 Å². The van der Waals surface area contributed by atoms with Crippen LogP contribution in [0.4, 0.5) is 0 Å². The maximum Gasteiger partial charge on any atom is 0.0541 e. The second kappa shape index (κ2) is 12.9. The number of nitrogens with zero attached hydrogens (tertiary/aromatic N) is 1. The summed E-state index contributed by atoms with van der Waals surface area (Å²) in [6.45, 7) is 4.55. The summed E-state index contributed by atoms with van der Waals surface area (Å²) in [5.74, 6) is 0.303. The van der Waals surface area contributed by atoms with E-state index in [-0.39, 0.29) is 0 Å². The second-order valence-electron chi connectivity index (χ2n) is 13.7. The number of aromatic nitrogens is 1. The number of hydrogen-bond donors (Lipinski definition) is 0. The Hall–Kier alpha value is -6.18. The van der Waals surface area contributed by atoms with Crippen molar-refractivity contribution in [3.63, 3.8) is 0 Å². The van der Waals surface area contributed by atoms with Gasteiger partial charge in [-0.05, 0) is 111 Å². The molecule has 0 spiro atoms. The van der Waals surface area contributed by atoms with Gasteiger partial charge in [-0.1, -0.05) is 153 Å². The fourth-order valence-electron chi connectivity index (χ4n) is 8.08. The number of para-hydroxylation sites is 1. The van der Waals surface area contributed by atoms with Gasteiger partial charge < -0.3 is 4.57 Å². The van der Waals surface area contributed by atoms with Crippen LogP contribution in [0.5, 0.6) is 0 Å². The van der Waals surface area contributed by atoms with Gasteiger partial charge in [0.25, 0.3) is 0 Å². The first kappa shape index (κ1) is 30.8. The summed E-state index contributed by atoms with van der Waals surface area (Å²) in [6, 6.07) is 67.0. The first-order valence-electron chi connectivity index (χ1n) is 18.0. The minimum atomic E-state index is 0.303. The van der Waals surface area contributed by atoms with E-state index in [0.29, 0.717) is 5.92 Å². The lowest BCUT2D eigenvalue weighted by atomic mass is 9.82. The Labute approximate surface area is 300 Å². The maximum atomic E-state index is 2.41. The number of rotatable bonds is 7. The van der Waals surface area contributed by atoms with Gasteiger partial charge in [0.2, 0.25) is 0 Å². The monoisotopic (exact) mass is 653 g/mol. The van der Waals surface area contributed by atoms with Crippen molar-refractivity contribution in [2.45, 2.75) is 26.2 Å². The summed E-state index contributed by atoms with van der Waals surface area (Å²) in [6.07, 6.45) is 1.03. The van der Waals surface area contributed by atoms with Crippen molar-refractivity contribution in [2.75, 3.05) is 0 Å². The van der Waals surface area contributed by atoms with Gasteiger partial charge in [-0.3, -0.25) is 0 Å². The SMILES string of the molecule is CCC(c1ccc2ccccc2c1)c1ccccc1-c1cc(-c2ccc3c(c2)c2ccccc2n3-c2cccc(-c3ccccc3)c2)ccc1C. The van der Waals surface area contributed by atoms with Crippen LogP contribution in [0.2, 0.25) is 0 Å². The van der Waals surface area contributed by atoms with Crippen LogP contribution < -0.4 is 0 Å². The quantitative estimate of drug-likeness (QED) is 0.161. The second-order valence-corrected chi connectivity index (χ2v) is 13.7. The van der Waals surface area contributed by atoms with E-state index in [1.54, 1.807) is 0 Å². The maximum absolute atomic E-state index is 2.41. The molecule has 0 N–H and O–H groups in total. The molecule has 0 aliphatic rings. The van der Waals surface area contributed by atoms with E-state index in [0.717, 1.165) is 6.42 Å². The van der Waals surface area contributed by atoms with Gasteiger partial charge >= 0.3 is 0 Å². The minimum Gasteiger partial charge on any atom is -0.309 e. The summed E-state index contributed by atoms with van der Waals surface area (Å²) in [7, 11) is 0. The highest BCUT2D eigenvalue weighted by Gasteiger charge is 2.19. The normalized spacial score (nSPS) is 12.1. The smallest absolute Gasteiger partial charge is 0.0541 e. The summed E-state index contributed by atoms with van der Waals surface area (Å²) in [5, 5.41) is 5.11. The average Bonchev–Trinajstić information content (AvgIpc) is 3.53. The van der Waals surface area contributed by atoms with E-state index in [2.05, 4.69) is 200 Å². The third-order valence-corrected chi connectivity index (χ3v) is 10.7. The van der Waals surface area contributed by atoms with Gasteiger partial charge in [-0.15, -0.1) is 0 Å². The molecular weight excluding hydrogens is 615 g/mol. The van der Waals surface area contributed by atoms with E-state index in [1.165, 1.54) is 88.3 Å². The number of benzene rings is 8. The third kappa shape index (κ3) is 5.52. The molecule has 1 aromatic heterocycles. The predicted octanol–water partition coefficient (Wildman–Crippen LogP) is 13.8. The van der Waals surface area contributed by atoms with Crippen molar-refractivity contribution in [3.8, 4) is 39.1 Å². The Kier molecular flexibility index (Phi) is 7.82. The van der Waals surface area contributed by atoms with Gasteiger partial charge in [-0.2, -0.15) is 0 Å². The van der Waals surface area contributed by atoms with E-state index in [9.17, 15) is 0 Å². The molecule has 9 rings (SSSR count). The molecule has 1 unspecified atom stereocenters. The highest BCUT2D eigenvalue weighted by atomic mass is 15.0. The van der Waals surface area contributed by atoms with E-state index in [1.807, 2.05) is 0 Å². The molecule has 9 aromatic rings. The van der Waals surface area contributed by atoms with E-state index >= 15 is 0 Å². The molecule has 1 heteroatoms. The molecular formula is C50H39N. The fourth-order valence-corrected chi connectivity index (χ4v) is 8.08. The first-order chi connectivity index (χ1) is 25.2. The predicted molar refractivity (Wildman–Crippen MR) is 218 cm³/mol. The molecule has 0 amide bonds. The van der Waals surface area contributed by atoms with Crippen LogP contribution in [0.1, 0.15) is 36.0 Å². The lowest BCUT2D eigenvalue weighted by molar-refractivity contribution is 0.780. The fraction of sp³-hybridized carbons (Fsp3) is 0.0800. The molecule has 1 nitrogen and oxygen atoms in total. The average molecular weight is 654 g/mol. The molecule has 0 radical (unpaired) electrons. The Morgan fingerprint density at radius 2 is 1.14 bits per heavy atom. The van der Waals surface area contributed by atoms with Crippen molar-refractivity contribution >= 4 is 32.6 Å². The summed E-state index contributed by atoms with van der Waals surface area (Å²) >= 11 is 0. The summed E-state index contributed by atoms with van der Waals surface area (Å²) in [5.41, 5.74) is 15.1. The molecule has 0 fully saturated rings. The molecule has 0 bridgehead atoms. The molecule has 0 aliphatic heterocycles. The standard InChI is InChI=1S/C50H39N/c1-3-43(41-27-26-36-16-7-8-17-37(36)30-41)44-20-9-10-21-45(44)47-32-39(25-24-34(47)2)40-28-29-50-48(33-40)46-22-11-12-23-49(46)51(50)42-19-13-18-38(31-42)35-14-5-4-6-15-35/h4-33,43H,3H2,1-2H3. The van der Waals surface area contributed by atoms with Gasteiger partial charge in [0.1, 0.15) is 0 Å². The van der Waals surface area contributed by atoms with Gasteiger partial charge in [0.15, 0.2) is 0 Å². The largest absolute Gasteiger partial charge is 0.309 e. The van der Waals surface area contributed by atoms with Crippen molar-refractivity contribution in [3.05, 3.63) is 199 Å². The molecule has 0 saturated carbocycles. The van der Waals surface area contributed by atoms with Crippen LogP contribution in [-0.4, -0.2) is 4.57 Å². The lowest BCUT2D eigenvalue weighted by Gasteiger charge is -2.22. The Morgan fingerprint density at radius 1 is 0.451 bits per heavy atom. The van der Waals surface area contributed by atoms with E-state index in [4.69, 9.17) is 0 Å². The Morgan fingerprint density at radius 3 is 2.02 bits per heavy atom. The van der Waals surface area contributed by atoms with Crippen LogP contribution in [0.25, 0.3) is 71.6 Å². The van der Waals surface area contributed by atoms with Crippen LogP contribution >= 0.6 is 0 Å². The van der Waals surface area contributed by atoms with Gasteiger partial charge in [0, 0.05) is 22.4 Å². The molecule has 0 aliphatic carbocycles. The number of fused-ring (bicyclic) bond motifs is 4. The zero-order chi connectivity index (χ0) is 34.3. The van der Waals surface area contributed by atoms with Crippen molar-refractivity contribution < 1.29 is 0 Å². The molecule has 51 heavy (non-hydrogen) atoms. The minimum absolute atomic E-state index is 0.303. The van der Waals surface area contributed by atoms with Crippen molar-refractivity contribution in [2.24, 2.45) is 0 Å². The first-order valence-corrected chi connectivity index (χ1v) is 18.0. The zero-order valence-electron chi connectivity index (χ0n) is 29.1. The summed E-state index contributed by atoms with van der Waals surface area (Å²) < 4.78 is 2.41. The van der Waals surface area contributed by atoms with Crippen LogP contribution in [-0.2, 0) is 0 Å². The van der Waals surface area contributed by atoms with Crippen LogP contribution in [0.15, 0.2) is 182 Å². The molecule has 8 aromatic carbocycles.